The summed E-state index contributed by atoms with van der Waals surface area (Å²) in [7, 11) is -1.82. The average Bonchev–Trinajstić information content (AvgIpc) is 2.71. The van der Waals surface area contributed by atoms with Crippen LogP contribution in [0, 0.1) is 19.7 Å². The van der Waals surface area contributed by atoms with E-state index in [1.807, 2.05) is 40.7 Å². The Balaban J connectivity index is 2.19. The van der Waals surface area contributed by atoms with Crippen molar-refractivity contribution in [2.45, 2.75) is 53.1 Å². The highest BCUT2D eigenvalue weighted by Gasteiger charge is 2.31. The lowest BCUT2D eigenvalue weighted by atomic mass is 10.0. The van der Waals surface area contributed by atoms with E-state index >= 15 is 0 Å². The van der Waals surface area contributed by atoms with E-state index in [9.17, 15) is 23.0 Å². The monoisotopic (exact) mass is 489 g/mol. The first-order valence-electron chi connectivity index (χ1n) is 10.9. The zero-order chi connectivity index (χ0) is 25.6. The highest BCUT2D eigenvalue weighted by molar-refractivity contribution is 7.86. The molecule has 184 valence electrons. The van der Waals surface area contributed by atoms with Gasteiger partial charge in [0.25, 0.3) is 0 Å². The quantitative estimate of drug-likeness (QED) is 0.594. The molecule has 0 aliphatic heterocycles. The molecule has 2 N–H and O–H groups in total. The van der Waals surface area contributed by atoms with E-state index in [1.54, 1.807) is 19.1 Å². The smallest absolute Gasteiger partial charge is 0.243 e. The van der Waals surface area contributed by atoms with Crippen LogP contribution in [0.3, 0.4) is 0 Å². The van der Waals surface area contributed by atoms with Gasteiger partial charge in [-0.05, 0) is 83.0 Å². The number of hydrogen-bond acceptors (Lipinski definition) is 4. The number of amides is 3. The minimum Gasteiger partial charge on any atom is -0.350 e. The van der Waals surface area contributed by atoms with Crippen LogP contribution in [0.2, 0.25) is 0 Å². The molecule has 0 aromatic heterocycles. The summed E-state index contributed by atoms with van der Waals surface area (Å²) in [6, 6.07) is 9.74. The number of aryl methyl sites for hydroxylation is 1. The van der Waals surface area contributed by atoms with Crippen LogP contribution in [-0.2, 0) is 25.2 Å². The number of anilines is 2. The molecule has 2 aromatic carbocycles. The average molecular weight is 490 g/mol. The van der Waals surface area contributed by atoms with Crippen LogP contribution >= 0.6 is 0 Å². The third kappa shape index (κ3) is 7.76. The van der Waals surface area contributed by atoms with Gasteiger partial charge in [0.05, 0.1) is 0 Å². The fraction of sp³-hybridized carbons (Fsp3) is 0.400. The van der Waals surface area contributed by atoms with E-state index in [-0.39, 0.29) is 5.91 Å². The molecule has 0 bridgehead atoms. The van der Waals surface area contributed by atoms with Crippen molar-refractivity contribution in [3.63, 3.8) is 0 Å². The molecule has 2 aromatic rings. The van der Waals surface area contributed by atoms with Crippen molar-refractivity contribution in [1.82, 2.24) is 5.32 Å². The van der Waals surface area contributed by atoms with Crippen molar-refractivity contribution < 1.29 is 23.0 Å². The maximum Gasteiger partial charge on any atom is 0.243 e. The number of carbonyl (C=O) groups excluding carboxylic acids is 3. The van der Waals surface area contributed by atoms with Gasteiger partial charge < -0.3 is 10.6 Å². The highest BCUT2D eigenvalue weighted by Crippen LogP contribution is 2.25. The van der Waals surface area contributed by atoms with Crippen molar-refractivity contribution in [1.29, 1.82) is 0 Å². The summed E-state index contributed by atoms with van der Waals surface area (Å²) in [6.07, 6.45) is 0. The van der Waals surface area contributed by atoms with Gasteiger partial charge >= 0.3 is 0 Å². The van der Waals surface area contributed by atoms with Crippen molar-refractivity contribution in [3.8, 4) is 0 Å². The minimum absolute atomic E-state index is 0.346. The summed E-state index contributed by atoms with van der Waals surface area (Å²) in [5, 5.41) is 5.41. The summed E-state index contributed by atoms with van der Waals surface area (Å²) < 4.78 is 25.7. The first kappa shape index (κ1) is 27.2. The lowest BCUT2D eigenvalue weighted by Gasteiger charge is -2.32. The molecule has 0 radical (unpaired) electrons. The Morgan fingerprint density at radius 3 is 2.24 bits per heavy atom. The van der Waals surface area contributed by atoms with Crippen molar-refractivity contribution in [2.24, 2.45) is 0 Å². The fourth-order valence-electron chi connectivity index (χ4n) is 3.28. The van der Waals surface area contributed by atoms with Gasteiger partial charge in [-0.15, -0.1) is 0 Å². The molecule has 2 rings (SSSR count). The molecule has 0 aliphatic rings. The van der Waals surface area contributed by atoms with Crippen LogP contribution in [0.25, 0.3) is 0 Å². The van der Waals surface area contributed by atoms with E-state index in [0.717, 1.165) is 11.1 Å². The number of nitrogens with one attached hydrogen (secondary N) is 2. The Labute approximate surface area is 202 Å². The lowest BCUT2D eigenvalue weighted by Crippen LogP contribution is -2.54. The van der Waals surface area contributed by atoms with Crippen LogP contribution in [0.4, 0.5) is 15.8 Å². The molecule has 0 saturated carbocycles. The third-order valence-electron chi connectivity index (χ3n) is 5.07. The summed E-state index contributed by atoms with van der Waals surface area (Å²) in [6.45, 7) is 10.9. The molecule has 0 saturated heterocycles. The van der Waals surface area contributed by atoms with Gasteiger partial charge in [-0.25, -0.2) is 4.39 Å². The van der Waals surface area contributed by atoms with Crippen molar-refractivity contribution in [3.05, 3.63) is 59.4 Å². The number of carbonyl (C=O) groups is 3. The molecule has 0 fully saturated rings. The standard InChI is InChI=1S/C25H32FN3O4S/c1-16-8-7-9-21(17(16)2)29(18(3)24(32)28-25(4,5)6)23(31)15-34(33)14-22(30)27-20-12-10-19(26)11-13-20/h7-13,18H,14-15H2,1-6H3,(H,27,30)(H,28,32)/t18-,34-/m1/s1. The third-order valence-corrected chi connectivity index (χ3v) is 6.23. The largest absolute Gasteiger partial charge is 0.350 e. The zero-order valence-corrected chi connectivity index (χ0v) is 21.2. The van der Waals surface area contributed by atoms with Gasteiger partial charge in [0, 0.05) is 27.7 Å². The second-order valence-corrected chi connectivity index (χ2v) is 10.6. The van der Waals surface area contributed by atoms with Gasteiger partial charge in [0.15, 0.2) is 0 Å². The van der Waals surface area contributed by atoms with Crippen molar-refractivity contribution >= 4 is 39.9 Å². The molecule has 0 aliphatic carbocycles. The van der Waals surface area contributed by atoms with E-state index in [4.69, 9.17) is 0 Å². The summed E-state index contributed by atoms with van der Waals surface area (Å²) >= 11 is 0. The molecule has 3 amide bonds. The Morgan fingerprint density at radius 1 is 1.03 bits per heavy atom. The van der Waals surface area contributed by atoms with Gasteiger partial charge in [-0.1, -0.05) is 12.1 Å². The maximum atomic E-state index is 13.3. The summed E-state index contributed by atoms with van der Waals surface area (Å²) in [4.78, 5) is 39.8. The highest BCUT2D eigenvalue weighted by atomic mass is 32.2. The van der Waals surface area contributed by atoms with Crippen LogP contribution < -0.4 is 15.5 Å². The number of halogens is 1. The van der Waals surface area contributed by atoms with Crippen LogP contribution in [-0.4, -0.2) is 45.0 Å². The topological polar surface area (TPSA) is 95.6 Å². The van der Waals surface area contributed by atoms with Crippen LogP contribution in [0.5, 0.6) is 0 Å². The molecular formula is C25H32FN3O4S. The Hall–Kier alpha value is -3.07. The second-order valence-electron chi connectivity index (χ2n) is 9.18. The number of benzene rings is 2. The Morgan fingerprint density at radius 2 is 1.65 bits per heavy atom. The first-order valence-corrected chi connectivity index (χ1v) is 12.4. The van der Waals surface area contributed by atoms with E-state index in [0.29, 0.717) is 11.4 Å². The second kappa shape index (κ2) is 11.4. The first-order chi connectivity index (χ1) is 15.8. The van der Waals surface area contributed by atoms with Crippen molar-refractivity contribution in [2.75, 3.05) is 21.7 Å². The normalized spacial score (nSPS) is 13.0. The SMILES string of the molecule is Cc1cccc(N(C(=O)C[S@](=O)CC(=O)Nc2ccc(F)cc2)[C@H](C)C(=O)NC(C)(C)C)c1C. The summed E-state index contributed by atoms with van der Waals surface area (Å²) in [5.74, 6) is -2.72. The molecule has 0 heterocycles. The molecular weight excluding hydrogens is 457 g/mol. The number of hydrogen-bond donors (Lipinski definition) is 2. The van der Waals surface area contributed by atoms with E-state index < -0.39 is 51.5 Å². The van der Waals surface area contributed by atoms with E-state index in [1.165, 1.54) is 29.2 Å². The summed E-state index contributed by atoms with van der Waals surface area (Å²) in [5.41, 5.74) is 2.18. The van der Waals surface area contributed by atoms with Crippen LogP contribution in [0.1, 0.15) is 38.8 Å². The Bertz CT molecular complexity index is 1080. The fourth-order valence-corrected chi connectivity index (χ4v) is 4.16. The Kier molecular flexibility index (Phi) is 9.09. The number of nitrogens with zero attached hydrogens (tertiary/aromatic N) is 1. The van der Waals surface area contributed by atoms with Gasteiger partial charge in [-0.2, -0.15) is 0 Å². The molecule has 2 atom stereocenters. The van der Waals surface area contributed by atoms with Crippen LogP contribution in [0.15, 0.2) is 42.5 Å². The lowest BCUT2D eigenvalue weighted by molar-refractivity contribution is -0.126. The minimum atomic E-state index is -1.82. The van der Waals surface area contributed by atoms with Gasteiger partial charge in [0.2, 0.25) is 17.7 Å². The maximum absolute atomic E-state index is 13.3. The zero-order valence-electron chi connectivity index (χ0n) is 20.4. The number of rotatable bonds is 8. The molecule has 0 unspecified atom stereocenters. The predicted octanol–water partition coefficient (Wildman–Crippen LogP) is 3.47. The van der Waals surface area contributed by atoms with Gasteiger partial charge in [0.1, 0.15) is 23.4 Å². The molecule has 0 spiro atoms. The molecule has 34 heavy (non-hydrogen) atoms. The van der Waals surface area contributed by atoms with Gasteiger partial charge in [-0.3, -0.25) is 23.5 Å². The molecule has 9 heteroatoms. The molecule has 7 nitrogen and oxygen atoms in total. The predicted molar refractivity (Wildman–Crippen MR) is 134 cm³/mol. The van der Waals surface area contributed by atoms with E-state index in [2.05, 4.69) is 10.6 Å².